The summed E-state index contributed by atoms with van der Waals surface area (Å²) in [7, 11) is -3.39. The monoisotopic (exact) mass is 371 g/mol. The normalized spacial score (nSPS) is 12.3. The van der Waals surface area contributed by atoms with Crippen molar-refractivity contribution in [3.63, 3.8) is 0 Å². The number of fused-ring (bicyclic) bond motifs is 1. The summed E-state index contributed by atoms with van der Waals surface area (Å²) in [4.78, 5) is 16.8. The third-order valence-electron chi connectivity index (χ3n) is 4.01. The van der Waals surface area contributed by atoms with Gasteiger partial charge in [-0.15, -0.1) is 0 Å². The van der Waals surface area contributed by atoms with Gasteiger partial charge >= 0.3 is 0 Å². The van der Waals surface area contributed by atoms with E-state index in [0.29, 0.717) is 21.9 Å². The fraction of sp³-hybridized carbons (Fsp3) is 0.333. The Kier molecular flexibility index (Phi) is 4.86. The maximum Gasteiger partial charge on any atom is 0.183 e. The Morgan fingerprint density at radius 1 is 0.962 bits per heavy atom. The molecule has 7 nitrogen and oxygen atoms in total. The van der Waals surface area contributed by atoms with Crippen molar-refractivity contribution < 1.29 is 8.42 Å². The molecule has 0 bridgehead atoms. The Hall–Kier alpha value is -2.61. The third kappa shape index (κ3) is 3.96. The van der Waals surface area contributed by atoms with Crippen molar-refractivity contribution in [3.05, 3.63) is 48.5 Å². The molecule has 0 radical (unpaired) electrons. The molecule has 26 heavy (non-hydrogen) atoms. The minimum Gasteiger partial charge on any atom is -0.367 e. The van der Waals surface area contributed by atoms with Crippen molar-refractivity contribution in [2.75, 3.05) is 17.6 Å². The molecular weight excluding hydrogens is 350 g/mol. The number of hydrogen-bond acceptors (Lipinski definition) is 7. The first-order valence-corrected chi connectivity index (χ1v) is 9.91. The smallest absolute Gasteiger partial charge is 0.183 e. The standard InChI is InChI=1S/C18H21N5O2S/c1-18(2,3)13-4-6-14(7-5-13)26(24,25)11-10-21-17-15-16(22-12-23-17)20-9-8-19-15/h4-9,12H,10-11H2,1-3H3,(H,20,21,22,23). The van der Waals surface area contributed by atoms with Gasteiger partial charge in [0.1, 0.15) is 11.8 Å². The van der Waals surface area contributed by atoms with E-state index >= 15 is 0 Å². The van der Waals surface area contributed by atoms with Crippen LogP contribution in [0.1, 0.15) is 26.3 Å². The molecule has 0 unspecified atom stereocenters. The first-order valence-electron chi connectivity index (χ1n) is 8.26. The minimum atomic E-state index is -3.39. The summed E-state index contributed by atoms with van der Waals surface area (Å²) in [5.41, 5.74) is 2.06. The van der Waals surface area contributed by atoms with Gasteiger partial charge in [-0.2, -0.15) is 0 Å². The quantitative estimate of drug-likeness (QED) is 0.736. The Balaban J connectivity index is 1.70. The third-order valence-corrected chi connectivity index (χ3v) is 5.74. The van der Waals surface area contributed by atoms with Crippen LogP contribution in [0.2, 0.25) is 0 Å². The van der Waals surface area contributed by atoms with Gasteiger partial charge in [0.2, 0.25) is 0 Å². The van der Waals surface area contributed by atoms with Gasteiger partial charge in [0, 0.05) is 18.9 Å². The number of nitrogens with one attached hydrogen (secondary N) is 1. The molecule has 2 heterocycles. The number of rotatable bonds is 5. The lowest BCUT2D eigenvalue weighted by molar-refractivity contribution is 0.586. The van der Waals surface area contributed by atoms with Crippen LogP contribution in [-0.4, -0.2) is 40.7 Å². The maximum absolute atomic E-state index is 12.5. The highest BCUT2D eigenvalue weighted by atomic mass is 32.2. The molecule has 0 aliphatic rings. The van der Waals surface area contributed by atoms with Gasteiger partial charge in [-0.25, -0.2) is 28.4 Å². The number of benzene rings is 1. The molecule has 3 rings (SSSR count). The lowest BCUT2D eigenvalue weighted by atomic mass is 9.87. The molecule has 2 aromatic heterocycles. The second-order valence-electron chi connectivity index (χ2n) is 6.97. The van der Waals surface area contributed by atoms with Crippen LogP contribution in [0, 0.1) is 0 Å². The Labute approximate surface area is 152 Å². The van der Waals surface area contributed by atoms with E-state index in [4.69, 9.17) is 0 Å². The van der Waals surface area contributed by atoms with Crippen LogP contribution >= 0.6 is 0 Å². The van der Waals surface area contributed by atoms with Crippen molar-refractivity contribution in [1.29, 1.82) is 0 Å². The van der Waals surface area contributed by atoms with Crippen molar-refractivity contribution in [2.24, 2.45) is 0 Å². The zero-order chi connectivity index (χ0) is 18.8. The summed E-state index contributed by atoms with van der Waals surface area (Å²) in [6.07, 6.45) is 4.47. The predicted octanol–water partition coefficient (Wildman–Crippen LogP) is 2.60. The summed E-state index contributed by atoms with van der Waals surface area (Å²) in [5.74, 6) is 0.426. The first-order chi connectivity index (χ1) is 12.3. The Morgan fingerprint density at radius 2 is 1.65 bits per heavy atom. The molecule has 0 aliphatic heterocycles. The second-order valence-corrected chi connectivity index (χ2v) is 9.08. The summed E-state index contributed by atoms with van der Waals surface area (Å²) in [6.45, 7) is 6.49. The van der Waals surface area contributed by atoms with Gasteiger partial charge in [-0.05, 0) is 23.1 Å². The van der Waals surface area contributed by atoms with Gasteiger partial charge in [0.05, 0.1) is 10.6 Å². The van der Waals surface area contributed by atoms with E-state index in [1.807, 2.05) is 12.1 Å². The second kappa shape index (κ2) is 6.95. The summed E-state index contributed by atoms with van der Waals surface area (Å²) in [5, 5.41) is 3.02. The van der Waals surface area contributed by atoms with E-state index in [1.165, 1.54) is 6.33 Å². The van der Waals surface area contributed by atoms with E-state index in [0.717, 1.165) is 5.56 Å². The first kappa shape index (κ1) is 18.2. The van der Waals surface area contributed by atoms with Gasteiger partial charge in [-0.3, -0.25) is 0 Å². The van der Waals surface area contributed by atoms with Crippen LogP contribution < -0.4 is 5.32 Å². The van der Waals surface area contributed by atoms with Crippen LogP contribution in [-0.2, 0) is 15.3 Å². The summed E-state index contributed by atoms with van der Waals surface area (Å²) in [6, 6.07) is 7.07. The molecule has 0 saturated carbocycles. The summed E-state index contributed by atoms with van der Waals surface area (Å²) < 4.78 is 25.1. The zero-order valence-electron chi connectivity index (χ0n) is 15.0. The molecule has 1 aromatic carbocycles. The van der Waals surface area contributed by atoms with E-state index in [1.54, 1.807) is 24.5 Å². The van der Waals surface area contributed by atoms with Crippen LogP contribution in [0.25, 0.3) is 11.2 Å². The van der Waals surface area contributed by atoms with Crippen molar-refractivity contribution >= 4 is 26.8 Å². The van der Waals surface area contributed by atoms with E-state index in [2.05, 4.69) is 46.0 Å². The zero-order valence-corrected chi connectivity index (χ0v) is 15.8. The van der Waals surface area contributed by atoms with Gasteiger partial charge in [0.25, 0.3) is 0 Å². The van der Waals surface area contributed by atoms with Crippen molar-refractivity contribution in [1.82, 2.24) is 19.9 Å². The molecule has 0 amide bonds. The number of sulfone groups is 1. The highest BCUT2D eigenvalue weighted by Crippen LogP contribution is 2.23. The molecule has 0 saturated heterocycles. The molecule has 1 N–H and O–H groups in total. The SMILES string of the molecule is CC(C)(C)c1ccc(S(=O)(=O)CCNc2ncnc3nccnc23)cc1. The number of aromatic nitrogens is 4. The fourth-order valence-electron chi connectivity index (χ4n) is 2.51. The molecule has 8 heteroatoms. The fourth-order valence-corrected chi connectivity index (χ4v) is 3.67. The lowest BCUT2D eigenvalue weighted by Gasteiger charge is -2.19. The summed E-state index contributed by atoms with van der Waals surface area (Å²) >= 11 is 0. The Bertz CT molecular complexity index is 1010. The highest BCUT2D eigenvalue weighted by Gasteiger charge is 2.18. The topological polar surface area (TPSA) is 97.7 Å². The van der Waals surface area contributed by atoms with Crippen LogP contribution in [0.5, 0.6) is 0 Å². The molecule has 0 aliphatic carbocycles. The predicted molar refractivity (Wildman–Crippen MR) is 101 cm³/mol. The van der Waals surface area contributed by atoms with Gasteiger partial charge < -0.3 is 5.32 Å². The average molecular weight is 371 g/mol. The van der Waals surface area contributed by atoms with E-state index < -0.39 is 9.84 Å². The van der Waals surface area contributed by atoms with Gasteiger partial charge in [-0.1, -0.05) is 32.9 Å². The van der Waals surface area contributed by atoms with Crippen LogP contribution in [0.3, 0.4) is 0 Å². The molecule has 136 valence electrons. The molecule has 0 fully saturated rings. The average Bonchev–Trinajstić information content (AvgIpc) is 2.61. The van der Waals surface area contributed by atoms with Crippen LogP contribution in [0.15, 0.2) is 47.9 Å². The molecule has 3 aromatic rings. The van der Waals surface area contributed by atoms with E-state index in [-0.39, 0.29) is 17.7 Å². The maximum atomic E-state index is 12.5. The van der Waals surface area contributed by atoms with Crippen molar-refractivity contribution in [3.8, 4) is 0 Å². The Morgan fingerprint density at radius 3 is 2.35 bits per heavy atom. The van der Waals surface area contributed by atoms with Gasteiger partial charge in [0.15, 0.2) is 21.3 Å². The van der Waals surface area contributed by atoms with Crippen LogP contribution in [0.4, 0.5) is 5.82 Å². The lowest BCUT2D eigenvalue weighted by Crippen LogP contribution is -2.17. The minimum absolute atomic E-state index is 0.0149. The van der Waals surface area contributed by atoms with Crippen molar-refractivity contribution in [2.45, 2.75) is 31.1 Å². The number of anilines is 1. The molecule has 0 atom stereocenters. The number of hydrogen-bond donors (Lipinski definition) is 1. The molecule has 0 spiro atoms. The molecular formula is C18H21N5O2S. The largest absolute Gasteiger partial charge is 0.367 e. The number of nitrogens with zero attached hydrogens (tertiary/aromatic N) is 4. The van der Waals surface area contributed by atoms with E-state index in [9.17, 15) is 8.42 Å². The highest BCUT2D eigenvalue weighted by molar-refractivity contribution is 7.91.